The molecule has 88 valence electrons. The first-order chi connectivity index (χ1) is 7.79. The van der Waals surface area contributed by atoms with E-state index in [2.05, 4.69) is 17.0 Å². The lowest BCUT2D eigenvalue weighted by molar-refractivity contribution is -0.00792. The highest BCUT2D eigenvalue weighted by atomic mass is 35.5. The molecule has 1 heterocycles. The molecule has 1 fully saturated rings. The third-order valence-electron chi connectivity index (χ3n) is 2.92. The van der Waals surface area contributed by atoms with Crippen LogP contribution in [0.25, 0.3) is 0 Å². The second kappa shape index (κ2) is 5.64. The number of ether oxygens (including phenoxy) is 1. The molecule has 3 nitrogen and oxygen atoms in total. The number of rotatable bonds is 3. The van der Waals surface area contributed by atoms with Gasteiger partial charge in [-0.15, -0.1) is 0 Å². The van der Waals surface area contributed by atoms with Crippen LogP contribution >= 0.6 is 11.6 Å². The molecule has 2 N–H and O–H groups in total. The van der Waals surface area contributed by atoms with Crippen LogP contribution in [-0.2, 0) is 11.3 Å². The van der Waals surface area contributed by atoms with Crippen LogP contribution in [0.5, 0.6) is 0 Å². The molecule has 0 saturated carbocycles. The van der Waals surface area contributed by atoms with Crippen molar-refractivity contribution in [2.75, 3.05) is 26.3 Å². The zero-order valence-corrected chi connectivity index (χ0v) is 9.99. The first-order valence-electron chi connectivity index (χ1n) is 5.56. The van der Waals surface area contributed by atoms with E-state index in [0.29, 0.717) is 12.6 Å². The molecule has 4 heteroatoms. The van der Waals surface area contributed by atoms with E-state index in [9.17, 15) is 0 Å². The van der Waals surface area contributed by atoms with Crippen LogP contribution in [0.1, 0.15) is 5.56 Å². The minimum atomic E-state index is 0.337. The number of benzene rings is 1. The second-order valence-corrected chi connectivity index (χ2v) is 4.50. The van der Waals surface area contributed by atoms with Gasteiger partial charge < -0.3 is 10.5 Å². The SMILES string of the molecule is NCC1COCCN1Cc1ccc(Cl)cc1. The molecule has 1 unspecified atom stereocenters. The molecule has 1 atom stereocenters. The Hall–Kier alpha value is -0.610. The summed E-state index contributed by atoms with van der Waals surface area (Å²) < 4.78 is 5.42. The molecule has 0 amide bonds. The first-order valence-corrected chi connectivity index (χ1v) is 5.93. The normalized spacial score (nSPS) is 22.2. The molecular formula is C12H17ClN2O. The molecule has 0 bridgehead atoms. The average Bonchev–Trinajstić information content (AvgIpc) is 2.33. The molecule has 0 aromatic heterocycles. The monoisotopic (exact) mass is 240 g/mol. The topological polar surface area (TPSA) is 38.5 Å². The molecule has 0 aliphatic carbocycles. The summed E-state index contributed by atoms with van der Waals surface area (Å²) in [6, 6.07) is 8.31. The van der Waals surface area contributed by atoms with Crippen molar-refractivity contribution < 1.29 is 4.74 Å². The molecule has 0 spiro atoms. The van der Waals surface area contributed by atoms with Gasteiger partial charge in [-0.25, -0.2) is 0 Å². The predicted molar refractivity (Wildman–Crippen MR) is 65.5 cm³/mol. The van der Waals surface area contributed by atoms with Crippen molar-refractivity contribution in [3.05, 3.63) is 34.9 Å². The summed E-state index contributed by atoms with van der Waals surface area (Å²) in [7, 11) is 0. The van der Waals surface area contributed by atoms with Crippen molar-refractivity contribution in [2.24, 2.45) is 5.73 Å². The van der Waals surface area contributed by atoms with Gasteiger partial charge >= 0.3 is 0 Å². The maximum Gasteiger partial charge on any atom is 0.0634 e. The Morgan fingerprint density at radius 2 is 2.12 bits per heavy atom. The van der Waals surface area contributed by atoms with E-state index in [4.69, 9.17) is 22.1 Å². The molecule has 1 aliphatic heterocycles. The summed E-state index contributed by atoms with van der Waals surface area (Å²) in [4.78, 5) is 2.37. The van der Waals surface area contributed by atoms with Crippen LogP contribution in [0.3, 0.4) is 0 Å². The molecule has 0 radical (unpaired) electrons. The summed E-state index contributed by atoms with van der Waals surface area (Å²) in [6.45, 7) is 4.05. The average molecular weight is 241 g/mol. The highest BCUT2D eigenvalue weighted by molar-refractivity contribution is 6.30. The highest BCUT2D eigenvalue weighted by Crippen LogP contribution is 2.14. The fourth-order valence-corrected chi connectivity index (χ4v) is 2.06. The van der Waals surface area contributed by atoms with Gasteiger partial charge in [0.1, 0.15) is 0 Å². The predicted octanol–water partition coefficient (Wildman–Crippen LogP) is 1.50. The van der Waals surface area contributed by atoms with E-state index in [0.717, 1.165) is 31.3 Å². The quantitative estimate of drug-likeness (QED) is 0.870. The van der Waals surface area contributed by atoms with E-state index in [1.165, 1.54) is 5.56 Å². The number of hydrogen-bond donors (Lipinski definition) is 1. The summed E-state index contributed by atoms with van der Waals surface area (Å²) in [5.41, 5.74) is 7.00. The maximum atomic E-state index is 5.86. The van der Waals surface area contributed by atoms with Crippen molar-refractivity contribution in [2.45, 2.75) is 12.6 Å². The summed E-state index contributed by atoms with van der Waals surface area (Å²) in [5, 5.41) is 0.779. The van der Waals surface area contributed by atoms with Gasteiger partial charge in [0.05, 0.1) is 13.2 Å². The summed E-state index contributed by atoms with van der Waals surface area (Å²) in [6.07, 6.45) is 0. The first kappa shape index (κ1) is 11.9. The van der Waals surface area contributed by atoms with Crippen molar-refractivity contribution >= 4 is 11.6 Å². The van der Waals surface area contributed by atoms with Gasteiger partial charge in [-0.2, -0.15) is 0 Å². The van der Waals surface area contributed by atoms with Crippen LogP contribution in [-0.4, -0.2) is 37.2 Å². The van der Waals surface area contributed by atoms with Gasteiger partial charge in [-0.05, 0) is 17.7 Å². The Kier molecular flexibility index (Phi) is 4.18. The largest absolute Gasteiger partial charge is 0.378 e. The number of halogens is 1. The Morgan fingerprint density at radius 1 is 1.38 bits per heavy atom. The molecule has 1 saturated heterocycles. The van der Waals surface area contributed by atoms with Crippen molar-refractivity contribution in [1.29, 1.82) is 0 Å². The summed E-state index contributed by atoms with van der Waals surface area (Å²) >= 11 is 5.86. The lowest BCUT2D eigenvalue weighted by atomic mass is 10.1. The minimum Gasteiger partial charge on any atom is -0.378 e. The molecular weight excluding hydrogens is 224 g/mol. The molecule has 16 heavy (non-hydrogen) atoms. The van der Waals surface area contributed by atoms with E-state index in [1.54, 1.807) is 0 Å². The zero-order valence-electron chi connectivity index (χ0n) is 9.23. The van der Waals surface area contributed by atoms with Gasteiger partial charge in [0.2, 0.25) is 0 Å². The Labute approximate surface area is 101 Å². The molecule has 2 rings (SSSR count). The Morgan fingerprint density at radius 3 is 2.81 bits per heavy atom. The maximum absolute atomic E-state index is 5.86. The lowest BCUT2D eigenvalue weighted by Gasteiger charge is -2.34. The van der Waals surface area contributed by atoms with Gasteiger partial charge in [-0.3, -0.25) is 4.90 Å². The van der Waals surface area contributed by atoms with Gasteiger partial charge in [0.15, 0.2) is 0 Å². The van der Waals surface area contributed by atoms with E-state index >= 15 is 0 Å². The third-order valence-corrected chi connectivity index (χ3v) is 3.17. The van der Waals surface area contributed by atoms with Gasteiger partial charge in [-0.1, -0.05) is 23.7 Å². The highest BCUT2D eigenvalue weighted by Gasteiger charge is 2.21. The smallest absolute Gasteiger partial charge is 0.0634 e. The molecule has 1 aromatic rings. The number of morpholine rings is 1. The zero-order chi connectivity index (χ0) is 11.4. The Balaban J connectivity index is 1.99. The fraction of sp³-hybridized carbons (Fsp3) is 0.500. The van der Waals surface area contributed by atoms with E-state index < -0.39 is 0 Å². The number of hydrogen-bond acceptors (Lipinski definition) is 3. The van der Waals surface area contributed by atoms with Crippen LogP contribution in [0.4, 0.5) is 0 Å². The number of nitrogens with zero attached hydrogens (tertiary/aromatic N) is 1. The third kappa shape index (κ3) is 2.95. The molecule has 1 aromatic carbocycles. The van der Waals surface area contributed by atoms with Gasteiger partial charge in [0, 0.05) is 30.7 Å². The van der Waals surface area contributed by atoms with Crippen molar-refractivity contribution in [3.8, 4) is 0 Å². The summed E-state index contributed by atoms with van der Waals surface area (Å²) in [5.74, 6) is 0. The fourth-order valence-electron chi connectivity index (χ4n) is 1.94. The molecule has 1 aliphatic rings. The van der Waals surface area contributed by atoms with Crippen molar-refractivity contribution in [3.63, 3.8) is 0 Å². The van der Waals surface area contributed by atoms with Crippen LogP contribution in [0.2, 0.25) is 5.02 Å². The van der Waals surface area contributed by atoms with E-state index in [1.807, 2.05) is 12.1 Å². The van der Waals surface area contributed by atoms with E-state index in [-0.39, 0.29) is 0 Å². The standard InChI is InChI=1S/C12H17ClN2O/c13-11-3-1-10(2-4-11)8-15-5-6-16-9-12(15)7-14/h1-4,12H,5-9,14H2. The Bertz CT molecular complexity index is 328. The number of nitrogens with two attached hydrogens (primary N) is 1. The van der Waals surface area contributed by atoms with Crippen LogP contribution < -0.4 is 5.73 Å². The second-order valence-electron chi connectivity index (χ2n) is 4.06. The van der Waals surface area contributed by atoms with Crippen LogP contribution in [0, 0.1) is 0 Å². The van der Waals surface area contributed by atoms with Crippen LogP contribution in [0.15, 0.2) is 24.3 Å². The minimum absolute atomic E-state index is 0.337. The lowest BCUT2D eigenvalue weighted by Crippen LogP contribution is -2.48. The van der Waals surface area contributed by atoms with Gasteiger partial charge in [0.25, 0.3) is 0 Å². The van der Waals surface area contributed by atoms with Crippen molar-refractivity contribution in [1.82, 2.24) is 4.90 Å².